The summed E-state index contributed by atoms with van der Waals surface area (Å²) < 4.78 is 5.54. The Morgan fingerprint density at radius 3 is 3.13 bits per heavy atom. The van der Waals surface area contributed by atoms with Crippen molar-refractivity contribution in [2.24, 2.45) is 5.73 Å². The second-order valence-electron chi connectivity index (χ2n) is 3.80. The van der Waals surface area contributed by atoms with Crippen LogP contribution in [0.1, 0.15) is 25.7 Å². The number of nitrogens with two attached hydrogens (primary N) is 1. The monoisotopic (exact) mass is 205 g/mol. The Kier molecular flexibility index (Phi) is 2.97. The van der Waals surface area contributed by atoms with E-state index in [2.05, 4.69) is 9.97 Å². The minimum Gasteiger partial charge on any atom is -0.439 e. The van der Waals surface area contributed by atoms with Gasteiger partial charge in [-0.2, -0.15) is 4.98 Å². The van der Waals surface area contributed by atoms with Gasteiger partial charge in [0.15, 0.2) is 17.1 Å². The molecule has 0 saturated heterocycles. The van der Waals surface area contributed by atoms with Gasteiger partial charge in [-0.25, -0.2) is 4.98 Å². The smallest absolute Gasteiger partial charge is 0.198 e. The Morgan fingerprint density at radius 2 is 2.40 bits per heavy atom. The fourth-order valence-electron chi connectivity index (χ4n) is 1.50. The largest absolute Gasteiger partial charge is 0.439 e. The zero-order chi connectivity index (χ0) is 10.7. The first-order chi connectivity index (χ1) is 7.25. The van der Waals surface area contributed by atoms with Crippen LogP contribution in [0.5, 0.6) is 0 Å². The quantitative estimate of drug-likeness (QED) is 0.827. The van der Waals surface area contributed by atoms with Crippen LogP contribution < -0.4 is 5.73 Å². The van der Waals surface area contributed by atoms with Gasteiger partial charge in [0.2, 0.25) is 0 Å². The third-order valence-corrected chi connectivity index (χ3v) is 2.26. The minimum atomic E-state index is 0.243. The Bertz CT molecular complexity index is 403. The normalized spacial score (nSPS) is 13.2. The molecule has 1 unspecified atom stereocenters. The molecular weight excluding hydrogens is 190 g/mol. The van der Waals surface area contributed by atoms with Crippen LogP contribution in [0.25, 0.3) is 11.2 Å². The molecule has 0 amide bonds. The van der Waals surface area contributed by atoms with Crippen molar-refractivity contribution in [3.8, 4) is 0 Å². The molecular formula is C11H15N3O. The molecule has 4 heteroatoms. The molecule has 0 aliphatic heterocycles. The number of fused-ring (bicyclic) bond motifs is 1. The lowest BCUT2D eigenvalue weighted by Gasteiger charge is -2.01. The molecule has 0 fully saturated rings. The van der Waals surface area contributed by atoms with Crippen LogP contribution in [0.4, 0.5) is 0 Å². The van der Waals surface area contributed by atoms with Crippen LogP contribution >= 0.6 is 0 Å². The van der Waals surface area contributed by atoms with Crippen LogP contribution in [0, 0.1) is 0 Å². The van der Waals surface area contributed by atoms with Crippen molar-refractivity contribution in [3.05, 3.63) is 24.2 Å². The van der Waals surface area contributed by atoms with E-state index in [9.17, 15) is 0 Å². The second kappa shape index (κ2) is 4.40. The van der Waals surface area contributed by atoms with Crippen molar-refractivity contribution in [3.63, 3.8) is 0 Å². The number of pyridine rings is 1. The van der Waals surface area contributed by atoms with Crippen LogP contribution in [0.15, 0.2) is 22.7 Å². The highest BCUT2D eigenvalue weighted by Crippen LogP contribution is 2.14. The average molecular weight is 205 g/mol. The topological polar surface area (TPSA) is 64.9 Å². The Labute approximate surface area is 88.5 Å². The minimum absolute atomic E-state index is 0.243. The predicted molar refractivity (Wildman–Crippen MR) is 58.4 cm³/mol. The summed E-state index contributed by atoms with van der Waals surface area (Å²) in [7, 11) is 0. The van der Waals surface area contributed by atoms with E-state index in [1.807, 2.05) is 19.1 Å². The number of aryl methyl sites for hydroxylation is 1. The molecule has 2 heterocycles. The molecule has 0 spiro atoms. The second-order valence-corrected chi connectivity index (χ2v) is 3.80. The molecule has 2 aromatic rings. The van der Waals surface area contributed by atoms with Crippen LogP contribution in [0.2, 0.25) is 0 Å². The summed E-state index contributed by atoms with van der Waals surface area (Å²) in [5.41, 5.74) is 7.11. The fraction of sp³-hybridized carbons (Fsp3) is 0.455. The van der Waals surface area contributed by atoms with Crippen molar-refractivity contribution in [1.29, 1.82) is 0 Å². The number of aromatic nitrogens is 2. The molecule has 2 aromatic heterocycles. The maximum Gasteiger partial charge on any atom is 0.198 e. The number of hydrogen-bond donors (Lipinski definition) is 1. The molecule has 0 aliphatic rings. The lowest BCUT2D eigenvalue weighted by Crippen LogP contribution is -2.14. The van der Waals surface area contributed by atoms with Crippen LogP contribution in [-0.4, -0.2) is 16.0 Å². The van der Waals surface area contributed by atoms with Crippen molar-refractivity contribution in [2.75, 3.05) is 0 Å². The molecule has 0 saturated carbocycles. The molecule has 0 aromatic carbocycles. The Balaban J connectivity index is 2.03. The highest BCUT2D eigenvalue weighted by molar-refractivity contribution is 5.66. The number of oxazole rings is 1. The Morgan fingerprint density at radius 1 is 1.53 bits per heavy atom. The summed E-state index contributed by atoms with van der Waals surface area (Å²) in [5.74, 6) is 0.754. The molecule has 0 aliphatic carbocycles. The lowest BCUT2D eigenvalue weighted by molar-refractivity contribution is 0.503. The van der Waals surface area contributed by atoms with E-state index in [0.29, 0.717) is 5.65 Å². The highest BCUT2D eigenvalue weighted by atomic mass is 16.3. The van der Waals surface area contributed by atoms with Gasteiger partial charge >= 0.3 is 0 Å². The highest BCUT2D eigenvalue weighted by Gasteiger charge is 2.05. The van der Waals surface area contributed by atoms with Crippen molar-refractivity contribution in [2.45, 2.75) is 32.2 Å². The fourth-order valence-corrected chi connectivity index (χ4v) is 1.50. The van der Waals surface area contributed by atoms with Gasteiger partial charge in [0.25, 0.3) is 0 Å². The summed E-state index contributed by atoms with van der Waals surface area (Å²) in [6, 6.07) is 3.97. The molecule has 1 atom stereocenters. The maximum absolute atomic E-state index is 5.67. The van der Waals surface area contributed by atoms with E-state index in [-0.39, 0.29) is 6.04 Å². The first-order valence-electron chi connectivity index (χ1n) is 5.22. The third kappa shape index (κ3) is 2.53. The van der Waals surface area contributed by atoms with E-state index in [1.54, 1.807) is 6.20 Å². The molecule has 4 nitrogen and oxygen atoms in total. The van der Waals surface area contributed by atoms with Crippen molar-refractivity contribution in [1.82, 2.24) is 9.97 Å². The summed E-state index contributed by atoms with van der Waals surface area (Å²) in [6.45, 7) is 2.01. The van der Waals surface area contributed by atoms with Gasteiger partial charge in [-0.3, -0.25) is 0 Å². The standard InChI is InChI=1S/C11H15N3O/c1-8(12)4-2-6-10-14-11-9(15-10)5-3-7-13-11/h3,5,7-8H,2,4,6,12H2,1H3. The number of hydrogen-bond acceptors (Lipinski definition) is 4. The van der Waals surface area contributed by atoms with Crippen molar-refractivity contribution >= 4 is 11.2 Å². The SMILES string of the molecule is CC(N)CCCc1nc2ncccc2o1. The van der Waals surface area contributed by atoms with E-state index in [0.717, 1.165) is 30.7 Å². The van der Waals surface area contributed by atoms with E-state index >= 15 is 0 Å². The van der Waals surface area contributed by atoms with Gasteiger partial charge in [-0.05, 0) is 31.9 Å². The zero-order valence-electron chi connectivity index (χ0n) is 8.81. The third-order valence-electron chi connectivity index (χ3n) is 2.26. The molecule has 80 valence electrons. The zero-order valence-corrected chi connectivity index (χ0v) is 8.81. The summed E-state index contributed by atoms with van der Waals surface area (Å²) in [5, 5.41) is 0. The Hall–Kier alpha value is -1.42. The number of rotatable bonds is 4. The van der Waals surface area contributed by atoms with Crippen molar-refractivity contribution < 1.29 is 4.42 Å². The van der Waals surface area contributed by atoms with E-state index in [4.69, 9.17) is 10.2 Å². The van der Waals surface area contributed by atoms with Gasteiger partial charge in [0.1, 0.15) is 0 Å². The predicted octanol–water partition coefficient (Wildman–Crippen LogP) is 1.89. The van der Waals surface area contributed by atoms with Gasteiger partial charge in [0.05, 0.1) is 0 Å². The van der Waals surface area contributed by atoms with Gasteiger partial charge in [0, 0.05) is 18.7 Å². The molecule has 15 heavy (non-hydrogen) atoms. The van der Waals surface area contributed by atoms with Gasteiger partial charge < -0.3 is 10.2 Å². The van der Waals surface area contributed by atoms with Gasteiger partial charge in [-0.15, -0.1) is 0 Å². The first-order valence-corrected chi connectivity index (χ1v) is 5.22. The van der Waals surface area contributed by atoms with E-state index in [1.165, 1.54) is 0 Å². The first kappa shape index (κ1) is 10.1. The van der Waals surface area contributed by atoms with Crippen LogP contribution in [0.3, 0.4) is 0 Å². The average Bonchev–Trinajstić information content (AvgIpc) is 2.59. The molecule has 0 bridgehead atoms. The summed E-state index contributed by atoms with van der Waals surface area (Å²) >= 11 is 0. The van der Waals surface area contributed by atoms with Crippen LogP contribution in [-0.2, 0) is 6.42 Å². The summed E-state index contributed by atoms with van der Waals surface area (Å²) in [6.07, 6.45) is 4.55. The lowest BCUT2D eigenvalue weighted by atomic mass is 10.1. The number of nitrogens with zero attached hydrogens (tertiary/aromatic N) is 2. The van der Waals surface area contributed by atoms with E-state index < -0.39 is 0 Å². The summed E-state index contributed by atoms with van der Waals surface area (Å²) in [4.78, 5) is 8.41. The molecule has 2 rings (SSSR count). The molecule has 0 radical (unpaired) electrons. The molecule has 2 N–H and O–H groups in total. The van der Waals surface area contributed by atoms with Gasteiger partial charge in [-0.1, -0.05) is 0 Å². The maximum atomic E-state index is 5.67.